The lowest BCUT2D eigenvalue weighted by Gasteiger charge is -2.28. The summed E-state index contributed by atoms with van der Waals surface area (Å²) in [5.41, 5.74) is 5.04. The molecule has 0 atom stereocenters. The van der Waals surface area contributed by atoms with Crippen molar-refractivity contribution in [2.75, 3.05) is 62.4 Å². The summed E-state index contributed by atoms with van der Waals surface area (Å²) in [5, 5.41) is 0. The van der Waals surface area contributed by atoms with E-state index in [1.54, 1.807) is 0 Å². The first kappa shape index (κ1) is 18.7. The molecule has 4 nitrogen and oxygen atoms in total. The van der Waals surface area contributed by atoms with Gasteiger partial charge < -0.3 is 19.3 Å². The van der Waals surface area contributed by atoms with E-state index in [-0.39, 0.29) is 0 Å². The Hall–Kier alpha value is -2.04. The Bertz CT molecular complexity index is 583. The van der Waals surface area contributed by atoms with Crippen LogP contribution < -0.4 is 9.80 Å². The van der Waals surface area contributed by atoms with Crippen LogP contribution in [-0.2, 0) is 9.47 Å². The summed E-state index contributed by atoms with van der Waals surface area (Å²) >= 11 is 0. The molecule has 0 radical (unpaired) electrons. The quantitative estimate of drug-likeness (QED) is 0.822. The Labute approximate surface area is 157 Å². The maximum Gasteiger partial charge on any atom is 0.0642 e. The first-order valence-electron chi connectivity index (χ1n) is 9.51. The molecule has 0 unspecified atom stereocenters. The summed E-state index contributed by atoms with van der Waals surface area (Å²) in [6, 6.07) is 17.4. The molecule has 4 heteroatoms. The van der Waals surface area contributed by atoms with Crippen LogP contribution in [0.4, 0.5) is 11.4 Å². The minimum atomic E-state index is 0.732. The first-order chi connectivity index (χ1) is 12.7. The Kier molecular flexibility index (Phi) is 6.92. The topological polar surface area (TPSA) is 24.9 Å². The second-order valence-electron chi connectivity index (χ2n) is 6.87. The molecule has 140 valence electrons. The van der Waals surface area contributed by atoms with Crippen molar-refractivity contribution >= 4 is 11.4 Å². The van der Waals surface area contributed by atoms with Crippen LogP contribution in [0.5, 0.6) is 0 Å². The standard InChI is InChI=1S/C22H30N2O2/c1-19-3-7-21(8-4-19)23-11-15-25-17-13-24(14-18-26-16-12-23)22-9-5-20(2)6-10-22/h3-10H,11-18H2,1-2H3. The normalized spacial score (nSPS) is 17.5. The lowest BCUT2D eigenvalue weighted by molar-refractivity contribution is 0.123. The predicted octanol–water partition coefficient (Wildman–Crippen LogP) is 3.66. The van der Waals surface area contributed by atoms with Crippen molar-refractivity contribution in [3.63, 3.8) is 0 Å². The third-order valence-electron chi connectivity index (χ3n) is 4.82. The Balaban J connectivity index is 1.57. The maximum absolute atomic E-state index is 5.93. The molecule has 0 bridgehead atoms. The highest BCUT2D eigenvalue weighted by molar-refractivity contribution is 5.48. The van der Waals surface area contributed by atoms with Gasteiger partial charge in [-0.3, -0.25) is 0 Å². The van der Waals surface area contributed by atoms with E-state index in [1.165, 1.54) is 22.5 Å². The lowest BCUT2D eigenvalue weighted by atomic mass is 10.2. The zero-order valence-corrected chi connectivity index (χ0v) is 16.0. The van der Waals surface area contributed by atoms with Gasteiger partial charge in [0.05, 0.1) is 26.4 Å². The minimum absolute atomic E-state index is 0.732. The molecule has 0 spiro atoms. The number of rotatable bonds is 2. The molecule has 2 aromatic rings. The summed E-state index contributed by atoms with van der Waals surface area (Å²) in [7, 11) is 0. The summed E-state index contributed by atoms with van der Waals surface area (Å²) in [4.78, 5) is 4.69. The fourth-order valence-corrected chi connectivity index (χ4v) is 3.15. The summed E-state index contributed by atoms with van der Waals surface area (Å²) in [6.07, 6.45) is 0. The number of benzene rings is 2. The fraction of sp³-hybridized carbons (Fsp3) is 0.455. The number of anilines is 2. The van der Waals surface area contributed by atoms with Crippen LogP contribution >= 0.6 is 0 Å². The van der Waals surface area contributed by atoms with E-state index < -0.39 is 0 Å². The molecule has 0 amide bonds. The van der Waals surface area contributed by atoms with Crippen molar-refractivity contribution in [1.29, 1.82) is 0 Å². The molecular formula is C22H30N2O2. The van der Waals surface area contributed by atoms with Crippen molar-refractivity contribution in [3.8, 4) is 0 Å². The van der Waals surface area contributed by atoms with Crippen LogP contribution in [0, 0.1) is 13.8 Å². The van der Waals surface area contributed by atoms with Crippen LogP contribution in [0.2, 0.25) is 0 Å². The van der Waals surface area contributed by atoms with Gasteiger partial charge in [-0.1, -0.05) is 35.4 Å². The van der Waals surface area contributed by atoms with Crippen LogP contribution in [0.3, 0.4) is 0 Å². The van der Waals surface area contributed by atoms with Crippen molar-refractivity contribution < 1.29 is 9.47 Å². The van der Waals surface area contributed by atoms with Gasteiger partial charge in [-0.2, -0.15) is 0 Å². The maximum atomic E-state index is 5.93. The highest BCUT2D eigenvalue weighted by Crippen LogP contribution is 2.16. The molecular weight excluding hydrogens is 324 g/mol. The summed E-state index contributed by atoms with van der Waals surface area (Å²) in [6.45, 7) is 10.7. The Morgan fingerprint density at radius 2 is 0.846 bits per heavy atom. The highest BCUT2D eigenvalue weighted by Gasteiger charge is 2.10. The second kappa shape index (κ2) is 9.60. The molecule has 1 saturated heterocycles. The SMILES string of the molecule is Cc1ccc(N2CCOCCN(c3ccc(C)cc3)CCOCC2)cc1. The van der Waals surface area contributed by atoms with E-state index >= 15 is 0 Å². The van der Waals surface area contributed by atoms with Crippen molar-refractivity contribution in [2.24, 2.45) is 0 Å². The molecule has 0 N–H and O–H groups in total. The molecule has 0 aliphatic carbocycles. The van der Waals surface area contributed by atoms with Crippen molar-refractivity contribution in [3.05, 3.63) is 59.7 Å². The molecule has 1 aliphatic heterocycles. The van der Waals surface area contributed by atoms with Gasteiger partial charge in [-0.15, -0.1) is 0 Å². The molecule has 0 aromatic heterocycles. The van der Waals surface area contributed by atoms with Gasteiger partial charge in [0.15, 0.2) is 0 Å². The number of aryl methyl sites for hydroxylation is 2. The van der Waals surface area contributed by atoms with E-state index in [1.807, 2.05) is 0 Å². The lowest BCUT2D eigenvalue weighted by Crippen LogP contribution is -2.36. The van der Waals surface area contributed by atoms with Crippen LogP contribution in [-0.4, -0.2) is 52.6 Å². The highest BCUT2D eigenvalue weighted by atomic mass is 16.5. The van der Waals surface area contributed by atoms with Crippen LogP contribution in [0.15, 0.2) is 48.5 Å². The number of hydrogen-bond acceptors (Lipinski definition) is 4. The minimum Gasteiger partial charge on any atom is -0.378 e. The molecule has 3 rings (SSSR count). The Morgan fingerprint density at radius 3 is 1.15 bits per heavy atom. The van der Waals surface area contributed by atoms with E-state index in [0.29, 0.717) is 0 Å². The fourth-order valence-electron chi connectivity index (χ4n) is 3.15. The van der Waals surface area contributed by atoms with Gasteiger partial charge >= 0.3 is 0 Å². The zero-order valence-electron chi connectivity index (χ0n) is 16.0. The van der Waals surface area contributed by atoms with Gasteiger partial charge in [-0.25, -0.2) is 0 Å². The average Bonchev–Trinajstić information content (AvgIpc) is 2.64. The molecule has 1 heterocycles. The van der Waals surface area contributed by atoms with Crippen LogP contribution in [0.25, 0.3) is 0 Å². The van der Waals surface area contributed by atoms with E-state index in [9.17, 15) is 0 Å². The van der Waals surface area contributed by atoms with E-state index in [0.717, 1.165) is 52.6 Å². The summed E-state index contributed by atoms with van der Waals surface area (Å²) in [5.74, 6) is 0. The predicted molar refractivity (Wildman–Crippen MR) is 108 cm³/mol. The summed E-state index contributed by atoms with van der Waals surface area (Å²) < 4.78 is 11.9. The number of ether oxygens (including phenoxy) is 2. The van der Waals surface area contributed by atoms with Gasteiger partial charge in [0, 0.05) is 37.6 Å². The third-order valence-corrected chi connectivity index (χ3v) is 4.82. The Morgan fingerprint density at radius 1 is 0.538 bits per heavy atom. The zero-order chi connectivity index (χ0) is 18.2. The first-order valence-corrected chi connectivity index (χ1v) is 9.51. The third kappa shape index (κ3) is 5.48. The molecule has 1 fully saturated rings. The second-order valence-corrected chi connectivity index (χ2v) is 6.87. The van der Waals surface area contributed by atoms with Crippen molar-refractivity contribution in [2.45, 2.75) is 13.8 Å². The largest absolute Gasteiger partial charge is 0.378 e. The van der Waals surface area contributed by atoms with Crippen LogP contribution in [0.1, 0.15) is 11.1 Å². The van der Waals surface area contributed by atoms with Gasteiger partial charge in [0.2, 0.25) is 0 Å². The monoisotopic (exact) mass is 354 g/mol. The van der Waals surface area contributed by atoms with E-state index in [4.69, 9.17) is 9.47 Å². The molecule has 0 saturated carbocycles. The van der Waals surface area contributed by atoms with Gasteiger partial charge in [-0.05, 0) is 38.1 Å². The van der Waals surface area contributed by atoms with E-state index in [2.05, 4.69) is 72.2 Å². The van der Waals surface area contributed by atoms with Gasteiger partial charge in [0.1, 0.15) is 0 Å². The average molecular weight is 354 g/mol. The number of nitrogens with zero attached hydrogens (tertiary/aromatic N) is 2. The molecule has 2 aromatic carbocycles. The number of hydrogen-bond donors (Lipinski definition) is 0. The molecule has 26 heavy (non-hydrogen) atoms. The molecule has 1 aliphatic rings. The smallest absolute Gasteiger partial charge is 0.0642 e. The van der Waals surface area contributed by atoms with Gasteiger partial charge in [0.25, 0.3) is 0 Å². The van der Waals surface area contributed by atoms with Crippen molar-refractivity contribution in [1.82, 2.24) is 0 Å².